The van der Waals surface area contributed by atoms with E-state index < -0.39 is 5.97 Å². The molecule has 4 rings (SSSR count). The van der Waals surface area contributed by atoms with Crippen LogP contribution in [0.15, 0.2) is 48.5 Å². The van der Waals surface area contributed by atoms with E-state index in [0.717, 1.165) is 63.7 Å². The van der Waals surface area contributed by atoms with Gasteiger partial charge in [-0.25, -0.2) is 8.78 Å². The minimum Gasteiger partial charge on any atom is -0.870 e. The molecule has 2 aliphatic rings. The Labute approximate surface area is 244 Å². The second-order valence-corrected chi connectivity index (χ2v) is 8.68. The number of carbonyl (C=O) groups is 2. The summed E-state index contributed by atoms with van der Waals surface area (Å²) < 4.78 is 30.6. The monoisotopic (exact) mass is 544 g/mol. The Balaban J connectivity index is 0.000000363. The Morgan fingerprint density at radius 1 is 0.737 bits per heavy atom. The molecule has 0 radical (unpaired) electrons. The Morgan fingerprint density at radius 2 is 1.11 bits per heavy atom. The molecule has 2 aliphatic heterocycles. The number of anilines is 2. The Morgan fingerprint density at radius 3 is 1.45 bits per heavy atom. The van der Waals surface area contributed by atoms with E-state index in [2.05, 4.69) is 14.7 Å². The second kappa shape index (κ2) is 17.3. The second-order valence-electron chi connectivity index (χ2n) is 8.68. The Bertz CT molecular complexity index is 969. The van der Waals surface area contributed by atoms with E-state index in [1.54, 1.807) is 24.3 Å². The van der Waals surface area contributed by atoms with Gasteiger partial charge < -0.3 is 25.1 Å². The van der Waals surface area contributed by atoms with Gasteiger partial charge in [-0.3, -0.25) is 19.4 Å². The first-order valence-electron chi connectivity index (χ1n) is 12.2. The Hall–Kier alpha value is -2.28. The van der Waals surface area contributed by atoms with Crippen molar-refractivity contribution in [2.75, 3.05) is 81.9 Å². The molecule has 9 nitrogen and oxygen atoms in total. The molecule has 0 atom stereocenters. The number of hydrogen-bond donors (Lipinski definition) is 1. The van der Waals surface area contributed by atoms with Crippen LogP contribution in [0.3, 0.4) is 0 Å². The third-order valence-corrected chi connectivity index (χ3v) is 6.15. The maximum Gasteiger partial charge on any atom is 1.00 e. The number of carboxylic acid groups (broad SMARTS) is 1. The SMILES string of the molecule is CCOC(=O)CN1CCN(c2ccc(F)cc2)CC1.O=C(O)CN1CCN(c2ccc(F)cc2)CC1.[Na+].[OH-]. The number of rotatable bonds is 7. The van der Waals surface area contributed by atoms with Gasteiger partial charge in [0.15, 0.2) is 0 Å². The number of carbonyl (C=O) groups excluding carboxylic acids is 1. The van der Waals surface area contributed by atoms with Crippen LogP contribution in [-0.4, -0.2) is 104 Å². The van der Waals surface area contributed by atoms with Crippen LogP contribution in [0, 0.1) is 11.6 Å². The number of nitrogens with zero attached hydrogens (tertiary/aromatic N) is 4. The van der Waals surface area contributed by atoms with Gasteiger partial charge in [-0.05, 0) is 55.5 Å². The summed E-state index contributed by atoms with van der Waals surface area (Å²) in [5.74, 6) is -1.42. The number of ether oxygens (including phenoxy) is 1. The molecule has 204 valence electrons. The van der Waals surface area contributed by atoms with Gasteiger partial charge in [0.25, 0.3) is 0 Å². The van der Waals surface area contributed by atoms with Crippen LogP contribution >= 0.6 is 0 Å². The molecule has 2 saturated heterocycles. The number of benzene rings is 2. The van der Waals surface area contributed by atoms with Crippen LogP contribution in [0.2, 0.25) is 0 Å². The van der Waals surface area contributed by atoms with Crippen molar-refractivity contribution in [2.45, 2.75) is 6.92 Å². The normalized spacial score (nSPS) is 15.9. The molecule has 0 aliphatic carbocycles. The van der Waals surface area contributed by atoms with E-state index in [1.807, 2.05) is 11.8 Å². The minimum absolute atomic E-state index is 0. The number of carboxylic acids is 1. The van der Waals surface area contributed by atoms with E-state index in [0.29, 0.717) is 13.2 Å². The summed E-state index contributed by atoms with van der Waals surface area (Å²) in [5.41, 5.74) is 2.01. The predicted octanol–water partition coefficient (Wildman–Crippen LogP) is -0.630. The molecule has 0 unspecified atom stereocenters. The number of esters is 1. The maximum atomic E-state index is 12.9. The third kappa shape index (κ3) is 11.2. The average Bonchev–Trinajstić information content (AvgIpc) is 2.86. The summed E-state index contributed by atoms with van der Waals surface area (Å²) in [4.78, 5) is 30.3. The Kier molecular flexibility index (Phi) is 15.4. The van der Waals surface area contributed by atoms with Crippen LogP contribution < -0.4 is 39.4 Å². The molecule has 2 aromatic rings. The van der Waals surface area contributed by atoms with Crippen molar-refractivity contribution in [3.8, 4) is 0 Å². The van der Waals surface area contributed by atoms with Crippen molar-refractivity contribution in [1.82, 2.24) is 9.80 Å². The number of hydrogen-bond acceptors (Lipinski definition) is 8. The fraction of sp³-hybridized carbons (Fsp3) is 0.462. The van der Waals surface area contributed by atoms with E-state index in [-0.39, 0.29) is 59.2 Å². The topological polar surface area (TPSA) is 107 Å². The summed E-state index contributed by atoms with van der Waals surface area (Å²) in [6, 6.07) is 12.9. The molecule has 38 heavy (non-hydrogen) atoms. The maximum absolute atomic E-state index is 12.9. The van der Waals surface area contributed by atoms with E-state index in [1.165, 1.54) is 24.3 Å². The zero-order chi connectivity index (χ0) is 25.9. The van der Waals surface area contributed by atoms with Gasteiger partial charge in [-0.2, -0.15) is 0 Å². The number of piperazine rings is 2. The largest absolute Gasteiger partial charge is 1.00 e. The molecular weight excluding hydrogens is 509 g/mol. The fourth-order valence-corrected chi connectivity index (χ4v) is 4.21. The molecular formula is C26H35F2N4NaO5. The van der Waals surface area contributed by atoms with E-state index >= 15 is 0 Å². The predicted molar refractivity (Wildman–Crippen MR) is 136 cm³/mol. The molecule has 12 heteroatoms. The van der Waals surface area contributed by atoms with Crippen molar-refractivity contribution in [2.24, 2.45) is 0 Å². The van der Waals surface area contributed by atoms with E-state index in [4.69, 9.17) is 9.84 Å². The molecule has 0 aromatic heterocycles. The molecule has 0 bridgehead atoms. The van der Waals surface area contributed by atoms with Gasteiger partial charge in [0.2, 0.25) is 0 Å². The van der Waals surface area contributed by atoms with Crippen molar-refractivity contribution >= 4 is 23.3 Å². The molecule has 2 fully saturated rings. The quantitative estimate of drug-likeness (QED) is 0.360. The van der Waals surface area contributed by atoms with Crippen molar-refractivity contribution in [3.05, 3.63) is 60.2 Å². The number of halogens is 2. The van der Waals surface area contributed by atoms with Crippen LogP contribution in [0.5, 0.6) is 0 Å². The smallest absolute Gasteiger partial charge is 0.870 e. The van der Waals surface area contributed by atoms with Gasteiger partial charge in [0.1, 0.15) is 11.6 Å². The summed E-state index contributed by atoms with van der Waals surface area (Å²) >= 11 is 0. The van der Waals surface area contributed by atoms with Gasteiger partial charge in [-0.15, -0.1) is 0 Å². The summed E-state index contributed by atoms with van der Waals surface area (Å²) in [7, 11) is 0. The molecule has 2 aromatic carbocycles. The van der Waals surface area contributed by atoms with Gasteiger partial charge >= 0.3 is 41.5 Å². The summed E-state index contributed by atoms with van der Waals surface area (Å²) in [5, 5.41) is 8.68. The molecule has 0 saturated carbocycles. The fourth-order valence-electron chi connectivity index (χ4n) is 4.21. The average molecular weight is 545 g/mol. The zero-order valence-electron chi connectivity index (χ0n) is 22.1. The first-order valence-corrected chi connectivity index (χ1v) is 12.2. The van der Waals surface area contributed by atoms with Gasteiger partial charge in [0.05, 0.1) is 19.7 Å². The van der Waals surface area contributed by atoms with E-state index in [9.17, 15) is 18.4 Å². The molecule has 0 spiro atoms. The summed E-state index contributed by atoms with van der Waals surface area (Å²) in [6.07, 6.45) is 0. The molecule has 2 heterocycles. The first-order chi connectivity index (χ1) is 17.3. The first kappa shape index (κ1) is 33.7. The minimum atomic E-state index is -0.791. The molecule has 2 N–H and O–H groups in total. The van der Waals surface area contributed by atoms with Gasteiger partial charge in [0, 0.05) is 63.7 Å². The van der Waals surface area contributed by atoms with Crippen LogP contribution in [0.25, 0.3) is 0 Å². The van der Waals surface area contributed by atoms with Gasteiger partial charge in [-0.1, -0.05) is 0 Å². The van der Waals surface area contributed by atoms with Crippen molar-refractivity contribution in [1.29, 1.82) is 0 Å². The van der Waals surface area contributed by atoms with Crippen molar-refractivity contribution in [3.63, 3.8) is 0 Å². The molecule has 0 amide bonds. The standard InChI is InChI=1S/C14H19FN2O2.C12H15FN2O2.Na.H2O/c1-2-19-14(18)11-16-7-9-17(10-8-16)13-5-3-12(15)4-6-13;13-10-1-3-11(4-2-10)15-7-5-14(6-8-15)9-12(16)17;;/h3-6H,2,7-11H2,1H3;1-4H,5-9H2,(H,16,17);;1H2/q;;+1;/p-1. The summed E-state index contributed by atoms with van der Waals surface area (Å²) in [6.45, 7) is 8.99. The van der Waals surface area contributed by atoms with Crippen LogP contribution in [0.1, 0.15) is 6.92 Å². The number of aliphatic carboxylic acids is 1. The zero-order valence-corrected chi connectivity index (χ0v) is 24.1. The van der Waals surface area contributed by atoms with Crippen LogP contribution in [0.4, 0.5) is 20.2 Å². The van der Waals surface area contributed by atoms with Crippen LogP contribution in [-0.2, 0) is 14.3 Å². The third-order valence-electron chi connectivity index (χ3n) is 6.15. The van der Waals surface area contributed by atoms with Crippen molar-refractivity contribution < 1.29 is 63.2 Å².